The molecule has 0 bridgehead atoms. The van der Waals surface area contributed by atoms with Gasteiger partial charge >= 0.3 is 0 Å². The first kappa shape index (κ1) is 28.2. The van der Waals surface area contributed by atoms with Crippen LogP contribution in [0, 0.1) is 5.92 Å². The minimum absolute atomic E-state index is 0.0951. The van der Waals surface area contributed by atoms with Gasteiger partial charge in [-0.25, -0.2) is 13.1 Å². The van der Waals surface area contributed by atoms with Gasteiger partial charge in [-0.05, 0) is 35.7 Å². The highest BCUT2D eigenvalue weighted by Gasteiger charge is 2.27. The van der Waals surface area contributed by atoms with Crippen LogP contribution in [0.5, 0.6) is 0 Å². The predicted octanol–water partition coefficient (Wildman–Crippen LogP) is 2.55. The van der Waals surface area contributed by atoms with Crippen LogP contribution in [-0.2, 0) is 30.8 Å². The molecule has 0 aliphatic carbocycles. The average molecular weight is 543 g/mol. The molecule has 1 aromatic carbocycles. The lowest BCUT2D eigenvalue weighted by Gasteiger charge is -2.18. The molecule has 3 N–H and O–H groups in total. The van der Waals surface area contributed by atoms with Crippen molar-refractivity contribution >= 4 is 39.0 Å². The molecular formula is C26H30N4O5S2. The quantitative estimate of drug-likeness (QED) is 0.225. The number of nitrogens with one attached hydrogen (secondary N) is 3. The maximum absolute atomic E-state index is 12.8. The number of ketones is 1. The van der Waals surface area contributed by atoms with E-state index < -0.39 is 27.8 Å². The van der Waals surface area contributed by atoms with Gasteiger partial charge in [-0.1, -0.05) is 50.2 Å². The number of carbonyl (C=O) groups excluding carboxylic acids is 3. The lowest BCUT2D eigenvalue weighted by Crippen LogP contribution is -2.49. The van der Waals surface area contributed by atoms with Crippen LogP contribution in [0.1, 0.15) is 25.8 Å². The molecule has 11 heteroatoms. The monoisotopic (exact) mass is 542 g/mol. The Balaban J connectivity index is 1.55. The minimum atomic E-state index is -3.80. The molecule has 0 saturated heterocycles. The number of thiophene rings is 1. The Bertz CT molecular complexity index is 1310. The third-order valence-electron chi connectivity index (χ3n) is 5.22. The third kappa shape index (κ3) is 8.59. The lowest BCUT2D eigenvalue weighted by atomic mass is 10.0. The highest BCUT2D eigenvalue weighted by molar-refractivity contribution is 7.91. The zero-order chi connectivity index (χ0) is 26.8. The smallest absolute Gasteiger partial charge is 0.289 e. The number of hydrogen-bond acceptors (Lipinski definition) is 7. The molecule has 0 aliphatic rings. The molecule has 2 heterocycles. The molecule has 9 nitrogen and oxygen atoms in total. The van der Waals surface area contributed by atoms with Crippen LogP contribution in [0.2, 0.25) is 0 Å². The molecule has 0 fully saturated rings. The first-order valence-electron chi connectivity index (χ1n) is 11.8. The van der Waals surface area contributed by atoms with Crippen molar-refractivity contribution in [2.24, 2.45) is 5.92 Å². The van der Waals surface area contributed by atoms with Gasteiger partial charge in [0.2, 0.25) is 21.7 Å². The van der Waals surface area contributed by atoms with E-state index in [-0.39, 0.29) is 42.0 Å². The molecule has 0 radical (unpaired) electrons. The van der Waals surface area contributed by atoms with Gasteiger partial charge in [0.25, 0.3) is 5.91 Å². The van der Waals surface area contributed by atoms with Crippen LogP contribution < -0.4 is 15.4 Å². The van der Waals surface area contributed by atoms with E-state index in [9.17, 15) is 22.8 Å². The van der Waals surface area contributed by atoms with Gasteiger partial charge in [-0.2, -0.15) is 0 Å². The van der Waals surface area contributed by atoms with E-state index >= 15 is 0 Å². The number of benzene rings is 1. The maximum atomic E-state index is 12.8. The molecule has 196 valence electrons. The van der Waals surface area contributed by atoms with Gasteiger partial charge in [-0.15, -0.1) is 11.3 Å². The summed E-state index contributed by atoms with van der Waals surface area (Å²) >= 11 is 1.08. The predicted molar refractivity (Wildman–Crippen MR) is 142 cm³/mol. The zero-order valence-corrected chi connectivity index (χ0v) is 22.3. The van der Waals surface area contributed by atoms with E-state index in [1.165, 1.54) is 6.07 Å². The highest BCUT2D eigenvalue weighted by atomic mass is 32.2. The Morgan fingerprint density at radius 2 is 1.68 bits per heavy atom. The summed E-state index contributed by atoms with van der Waals surface area (Å²) in [7, 11) is -3.80. The van der Waals surface area contributed by atoms with Crippen molar-refractivity contribution in [1.29, 1.82) is 0 Å². The number of pyridine rings is 1. The summed E-state index contributed by atoms with van der Waals surface area (Å²) < 4.78 is 27.8. The Kier molecular flexibility index (Phi) is 10.1. The van der Waals surface area contributed by atoms with Crippen LogP contribution in [0.4, 0.5) is 0 Å². The van der Waals surface area contributed by atoms with Gasteiger partial charge < -0.3 is 10.6 Å². The SMILES string of the molecule is CC(C)CC(=O)N[C@@H](Cc1ccccc1)C(=O)C(=O)NCCNS(=O)(=O)c1ccc(-c2ccccn2)s1. The Morgan fingerprint density at radius 3 is 2.35 bits per heavy atom. The van der Waals surface area contributed by atoms with Crippen LogP contribution >= 0.6 is 11.3 Å². The van der Waals surface area contributed by atoms with Gasteiger partial charge in [0.15, 0.2) is 0 Å². The molecule has 3 aromatic rings. The van der Waals surface area contributed by atoms with Crippen molar-refractivity contribution in [1.82, 2.24) is 20.3 Å². The van der Waals surface area contributed by atoms with Crippen molar-refractivity contribution in [3.63, 3.8) is 0 Å². The van der Waals surface area contributed by atoms with Gasteiger partial charge in [0, 0.05) is 32.1 Å². The van der Waals surface area contributed by atoms with E-state index in [1.54, 1.807) is 24.4 Å². The lowest BCUT2D eigenvalue weighted by molar-refractivity contribution is -0.140. The van der Waals surface area contributed by atoms with Crippen molar-refractivity contribution in [2.75, 3.05) is 13.1 Å². The summed E-state index contributed by atoms with van der Waals surface area (Å²) in [6.45, 7) is 3.56. The van der Waals surface area contributed by atoms with Gasteiger partial charge in [0.1, 0.15) is 10.3 Å². The molecule has 0 unspecified atom stereocenters. The number of nitrogens with zero attached hydrogens (tertiary/aromatic N) is 1. The van der Waals surface area contributed by atoms with Gasteiger partial charge in [-0.3, -0.25) is 19.4 Å². The summed E-state index contributed by atoms with van der Waals surface area (Å²) in [5, 5.41) is 5.11. The number of aromatic nitrogens is 1. The van der Waals surface area contributed by atoms with E-state index in [0.717, 1.165) is 16.9 Å². The normalized spacial score (nSPS) is 12.2. The fourth-order valence-corrected chi connectivity index (χ4v) is 5.83. The second-order valence-corrected chi connectivity index (χ2v) is 11.8. The minimum Gasteiger partial charge on any atom is -0.348 e. The van der Waals surface area contributed by atoms with Crippen LogP contribution in [0.15, 0.2) is 71.1 Å². The maximum Gasteiger partial charge on any atom is 0.289 e. The molecule has 3 rings (SSSR count). The van der Waals surface area contributed by atoms with E-state index in [0.29, 0.717) is 10.6 Å². The molecular weight excluding hydrogens is 512 g/mol. The molecule has 37 heavy (non-hydrogen) atoms. The Labute approximate surface area is 220 Å². The van der Waals surface area contributed by atoms with Crippen LogP contribution in [0.25, 0.3) is 10.6 Å². The molecule has 0 aliphatic heterocycles. The van der Waals surface area contributed by atoms with E-state index in [4.69, 9.17) is 0 Å². The second-order valence-electron chi connectivity index (χ2n) is 8.76. The second kappa shape index (κ2) is 13.2. The first-order valence-corrected chi connectivity index (χ1v) is 14.1. The summed E-state index contributed by atoms with van der Waals surface area (Å²) in [4.78, 5) is 42.6. The van der Waals surface area contributed by atoms with Crippen LogP contribution in [0.3, 0.4) is 0 Å². The topological polar surface area (TPSA) is 134 Å². The van der Waals surface area contributed by atoms with Crippen molar-refractivity contribution in [2.45, 2.75) is 36.9 Å². The number of carbonyl (C=O) groups is 3. The largest absolute Gasteiger partial charge is 0.348 e. The van der Waals surface area contributed by atoms with Crippen molar-refractivity contribution in [3.05, 3.63) is 72.4 Å². The average Bonchev–Trinajstić information content (AvgIpc) is 3.38. The fraction of sp³-hybridized carbons (Fsp3) is 0.308. The third-order valence-corrected chi connectivity index (χ3v) is 8.28. The van der Waals surface area contributed by atoms with Crippen LogP contribution in [-0.4, -0.2) is 50.1 Å². The number of amides is 2. The Morgan fingerprint density at radius 1 is 0.946 bits per heavy atom. The molecule has 0 saturated carbocycles. The molecule has 2 aromatic heterocycles. The molecule has 2 amide bonds. The fourth-order valence-electron chi connectivity index (χ4n) is 3.47. The highest BCUT2D eigenvalue weighted by Crippen LogP contribution is 2.29. The number of Topliss-reactive ketones (excluding diaryl/α,β-unsaturated/α-hetero) is 1. The summed E-state index contributed by atoms with van der Waals surface area (Å²) in [5.41, 5.74) is 1.47. The summed E-state index contributed by atoms with van der Waals surface area (Å²) in [6.07, 6.45) is 2.03. The summed E-state index contributed by atoms with van der Waals surface area (Å²) in [6, 6.07) is 16.6. The number of sulfonamides is 1. The standard InChI is InChI=1S/C26H30N4O5S2/c1-18(2)16-23(31)30-21(17-19-8-4-3-5-9-19)25(32)26(33)28-14-15-29-37(34,35)24-12-11-22(36-24)20-10-6-7-13-27-20/h3-13,18,21,29H,14-17H2,1-2H3,(H,28,33)(H,30,31)/t21-/m0/s1. The zero-order valence-electron chi connectivity index (χ0n) is 20.6. The molecule has 1 atom stereocenters. The van der Waals surface area contributed by atoms with Crippen molar-refractivity contribution < 1.29 is 22.8 Å². The van der Waals surface area contributed by atoms with Crippen molar-refractivity contribution in [3.8, 4) is 10.6 Å². The van der Waals surface area contributed by atoms with E-state index in [2.05, 4.69) is 20.3 Å². The van der Waals surface area contributed by atoms with E-state index in [1.807, 2.05) is 50.2 Å². The molecule has 0 spiro atoms. The van der Waals surface area contributed by atoms with Gasteiger partial charge in [0.05, 0.1) is 10.6 Å². The first-order chi connectivity index (χ1) is 17.7. The Hall–Kier alpha value is -3.41. The number of hydrogen-bond donors (Lipinski definition) is 3. The number of rotatable bonds is 13. The summed E-state index contributed by atoms with van der Waals surface area (Å²) in [5.74, 6) is -1.90.